The van der Waals surface area contributed by atoms with Crippen LogP contribution in [-0.4, -0.2) is 9.55 Å². The Morgan fingerprint density at radius 3 is 2.60 bits per heavy atom. The molecule has 2 aromatic rings. The molecule has 0 radical (unpaired) electrons. The standard InChI is InChI=1S/C12H9ClF3N3O/c13-8-2-3-10(17)18-9(8)6-19-5-7(12(14,15)16)1-4-11(19)20/h1-5H,6H2,(H2,17,18). The summed E-state index contributed by atoms with van der Waals surface area (Å²) in [5.74, 6) is 0.171. The Hall–Kier alpha value is -2.02. The van der Waals surface area contributed by atoms with Gasteiger partial charge in [-0.2, -0.15) is 13.2 Å². The number of nitrogens with zero attached hydrogens (tertiary/aromatic N) is 2. The van der Waals surface area contributed by atoms with Gasteiger partial charge in [-0.3, -0.25) is 4.79 Å². The molecule has 2 aromatic heterocycles. The number of hydrogen-bond acceptors (Lipinski definition) is 3. The van der Waals surface area contributed by atoms with E-state index >= 15 is 0 Å². The van der Waals surface area contributed by atoms with Gasteiger partial charge in [-0.25, -0.2) is 4.98 Å². The third kappa shape index (κ3) is 3.11. The minimum atomic E-state index is -4.53. The van der Waals surface area contributed by atoms with E-state index in [4.69, 9.17) is 17.3 Å². The molecule has 0 unspecified atom stereocenters. The van der Waals surface area contributed by atoms with Gasteiger partial charge in [0.25, 0.3) is 5.56 Å². The first-order valence-electron chi connectivity index (χ1n) is 5.46. The van der Waals surface area contributed by atoms with Crippen LogP contribution in [0.15, 0.2) is 35.3 Å². The molecule has 2 rings (SSSR count). The number of nitrogens with two attached hydrogens (primary N) is 1. The van der Waals surface area contributed by atoms with Crippen LogP contribution in [0.3, 0.4) is 0 Å². The van der Waals surface area contributed by atoms with E-state index in [1.54, 1.807) is 0 Å². The first kappa shape index (κ1) is 14.4. The molecule has 0 fully saturated rings. The number of halogens is 4. The maximum absolute atomic E-state index is 12.6. The molecule has 2 heterocycles. The minimum Gasteiger partial charge on any atom is -0.384 e. The fraction of sp³-hybridized carbons (Fsp3) is 0.167. The van der Waals surface area contributed by atoms with Crippen LogP contribution in [-0.2, 0) is 12.7 Å². The fourth-order valence-corrected chi connectivity index (χ4v) is 1.76. The summed E-state index contributed by atoms with van der Waals surface area (Å²) < 4.78 is 38.7. The summed E-state index contributed by atoms with van der Waals surface area (Å²) in [5, 5.41) is 0.225. The van der Waals surface area contributed by atoms with Gasteiger partial charge >= 0.3 is 6.18 Å². The van der Waals surface area contributed by atoms with Crippen LogP contribution in [0.2, 0.25) is 5.02 Å². The monoisotopic (exact) mass is 303 g/mol. The Bertz CT molecular complexity index is 697. The Kier molecular flexibility index (Phi) is 3.71. The van der Waals surface area contributed by atoms with Crippen LogP contribution in [0.5, 0.6) is 0 Å². The molecular formula is C12H9ClF3N3O. The van der Waals surface area contributed by atoms with Gasteiger partial charge in [0, 0.05) is 12.3 Å². The van der Waals surface area contributed by atoms with Crippen molar-refractivity contribution in [3.05, 3.63) is 57.1 Å². The molecule has 0 aliphatic rings. The molecule has 0 aromatic carbocycles. The maximum atomic E-state index is 12.6. The van der Waals surface area contributed by atoms with E-state index in [0.29, 0.717) is 0 Å². The summed E-state index contributed by atoms with van der Waals surface area (Å²) in [6.45, 7) is -0.188. The number of nitrogen functional groups attached to an aromatic ring is 1. The smallest absolute Gasteiger partial charge is 0.384 e. The number of rotatable bonds is 2. The number of pyridine rings is 2. The van der Waals surface area contributed by atoms with Crippen molar-refractivity contribution >= 4 is 17.4 Å². The number of anilines is 1. The van der Waals surface area contributed by atoms with Crippen molar-refractivity contribution in [2.45, 2.75) is 12.7 Å². The summed E-state index contributed by atoms with van der Waals surface area (Å²) >= 11 is 5.87. The molecule has 0 aliphatic heterocycles. The average Bonchev–Trinajstić information content (AvgIpc) is 2.35. The molecule has 2 N–H and O–H groups in total. The number of aromatic nitrogens is 2. The minimum absolute atomic E-state index is 0.171. The molecule has 8 heteroatoms. The molecule has 0 amide bonds. The van der Waals surface area contributed by atoms with Crippen molar-refractivity contribution in [3.8, 4) is 0 Å². The van der Waals surface area contributed by atoms with E-state index in [1.807, 2.05) is 0 Å². The van der Waals surface area contributed by atoms with Crippen molar-refractivity contribution in [1.29, 1.82) is 0 Å². The zero-order valence-electron chi connectivity index (χ0n) is 9.99. The molecule has 0 bridgehead atoms. The van der Waals surface area contributed by atoms with Crippen molar-refractivity contribution in [2.24, 2.45) is 0 Å². The second-order valence-electron chi connectivity index (χ2n) is 4.05. The molecule has 106 valence electrons. The predicted octanol–water partition coefficient (Wildman–Crippen LogP) is 2.55. The Morgan fingerprint density at radius 1 is 1.25 bits per heavy atom. The highest BCUT2D eigenvalue weighted by Gasteiger charge is 2.31. The van der Waals surface area contributed by atoms with Gasteiger partial charge in [0.2, 0.25) is 0 Å². The highest BCUT2D eigenvalue weighted by molar-refractivity contribution is 6.31. The highest BCUT2D eigenvalue weighted by atomic mass is 35.5. The number of hydrogen-bond donors (Lipinski definition) is 1. The van der Waals surface area contributed by atoms with Crippen LogP contribution in [0, 0.1) is 0 Å². The van der Waals surface area contributed by atoms with Crippen LogP contribution in [0.1, 0.15) is 11.3 Å². The number of alkyl halides is 3. The van der Waals surface area contributed by atoms with E-state index in [1.165, 1.54) is 12.1 Å². The van der Waals surface area contributed by atoms with E-state index in [0.717, 1.165) is 22.9 Å². The second kappa shape index (κ2) is 5.16. The van der Waals surface area contributed by atoms with Gasteiger partial charge in [0.1, 0.15) is 5.82 Å². The lowest BCUT2D eigenvalue weighted by molar-refractivity contribution is -0.138. The normalized spacial score (nSPS) is 11.6. The SMILES string of the molecule is Nc1ccc(Cl)c(Cn2cc(C(F)(F)F)ccc2=O)n1. The molecular weight excluding hydrogens is 295 g/mol. The van der Waals surface area contributed by atoms with Gasteiger partial charge in [-0.1, -0.05) is 11.6 Å². The molecule has 20 heavy (non-hydrogen) atoms. The van der Waals surface area contributed by atoms with Gasteiger partial charge in [0.15, 0.2) is 0 Å². The lowest BCUT2D eigenvalue weighted by atomic mass is 10.2. The van der Waals surface area contributed by atoms with Crippen LogP contribution < -0.4 is 11.3 Å². The zero-order chi connectivity index (χ0) is 14.9. The lowest BCUT2D eigenvalue weighted by Gasteiger charge is -2.11. The zero-order valence-corrected chi connectivity index (χ0v) is 10.7. The van der Waals surface area contributed by atoms with E-state index < -0.39 is 17.3 Å². The molecule has 0 saturated heterocycles. The first-order valence-corrected chi connectivity index (χ1v) is 5.84. The topological polar surface area (TPSA) is 60.9 Å². The van der Waals surface area contributed by atoms with Crippen LogP contribution in [0.25, 0.3) is 0 Å². The van der Waals surface area contributed by atoms with E-state index in [-0.39, 0.29) is 23.1 Å². The highest BCUT2D eigenvalue weighted by Crippen LogP contribution is 2.28. The third-order valence-electron chi connectivity index (χ3n) is 2.57. The van der Waals surface area contributed by atoms with Crippen LogP contribution in [0.4, 0.5) is 19.0 Å². The van der Waals surface area contributed by atoms with Crippen molar-refractivity contribution in [3.63, 3.8) is 0 Å². The van der Waals surface area contributed by atoms with E-state index in [9.17, 15) is 18.0 Å². The predicted molar refractivity (Wildman–Crippen MR) is 68.5 cm³/mol. The summed E-state index contributed by atoms with van der Waals surface area (Å²) in [6, 6.07) is 4.51. The third-order valence-corrected chi connectivity index (χ3v) is 2.92. The summed E-state index contributed by atoms with van der Waals surface area (Å²) in [6.07, 6.45) is -3.80. The van der Waals surface area contributed by atoms with Crippen LogP contribution >= 0.6 is 11.6 Å². The summed E-state index contributed by atoms with van der Waals surface area (Å²) in [7, 11) is 0. The second-order valence-corrected chi connectivity index (χ2v) is 4.45. The van der Waals surface area contributed by atoms with Gasteiger partial charge < -0.3 is 10.3 Å². The molecule has 0 spiro atoms. The Morgan fingerprint density at radius 2 is 1.95 bits per heavy atom. The van der Waals surface area contributed by atoms with Crippen molar-refractivity contribution < 1.29 is 13.2 Å². The van der Waals surface area contributed by atoms with E-state index in [2.05, 4.69) is 4.98 Å². The van der Waals surface area contributed by atoms with Gasteiger partial charge in [-0.05, 0) is 18.2 Å². The fourth-order valence-electron chi connectivity index (χ4n) is 1.60. The first-order chi connectivity index (χ1) is 9.27. The lowest BCUT2D eigenvalue weighted by Crippen LogP contribution is -2.22. The Balaban J connectivity index is 2.43. The van der Waals surface area contributed by atoms with Gasteiger partial charge in [-0.15, -0.1) is 0 Å². The largest absolute Gasteiger partial charge is 0.417 e. The molecule has 0 atom stereocenters. The summed E-state index contributed by atoms with van der Waals surface area (Å²) in [5.41, 5.74) is 4.21. The van der Waals surface area contributed by atoms with Gasteiger partial charge in [0.05, 0.1) is 22.8 Å². The Labute approximate surface area is 116 Å². The maximum Gasteiger partial charge on any atom is 0.417 e. The van der Waals surface area contributed by atoms with Crippen molar-refractivity contribution in [2.75, 3.05) is 5.73 Å². The quantitative estimate of drug-likeness (QED) is 0.927. The molecule has 0 saturated carbocycles. The van der Waals surface area contributed by atoms with Crippen molar-refractivity contribution in [1.82, 2.24) is 9.55 Å². The molecule has 0 aliphatic carbocycles. The molecule has 4 nitrogen and oxygen atoms in total. The summed E-state index contributed by atoms with van der Waals surface area (Å²) in [4.78, 5) is 15.5. The average molecular weight is 304 g/mol.